The summed E-state index contributed by atoms with van der Waals surface area (Å²) < 4.78 is 5.13. The molecule has 0 aromatic heterocycles. The fraction of sp³-hybridized carbons (Fsp3) is 0.588. The van der Waals surface area contributed by atoms with Gasteiger partial charge in [-0.05, 0) is 62.4 Å². The molecule has 0 aliphatic carbocycles. The Morgan fingerprint density at radius 2 is 1.90 bits per heavy atom. The van der Waals surface area contributed by atoms with Gasteiger partial charge in [0.25, 0.3) is 5.91 Å². The van der Waals surface area contributed by atoms with E-state index in [4.69, 9.17) is 4.74 Å². The van der Waals surface area contributed by atoms with Gasteiger partial charge in [-0.3, -0.25) is 4.79 Å². The number of nitrogens with zero attached hydrogens (tertiary/aromatic N) is 1. The van der Waals surface area contributed by atoms with Gasteiger partial charge in [-0.25, -0.2) is 0 Å². The van der Waals surface area contributed by atoms with E-state index >= 15 is 0 Å². The van der Waals surface area contributed by atoms with E-state index in [1.165, 1.54) is 12.8 Å². The van der Waals surface area contributed by atoms with E-state index in [-0.39, 0.29) is 5.91 Å². The summed E-state index contributed by atoms with van der Waals surface area (Å²) in [4.78, 5) is 14.5. The van der Waals surface area contributed by atoms with E-state index in [9.17, 15) is 4.79 Å². The third-order valence-corrected chi connectivity index (χ3v) is 4.83. The number of hydrogen-bond acceptors (Lipinski definition) is 3. The molecule has 4 heteroatoms. The van der Waals surface area contributed by atoms with Crippen molar-refractivity contribution in [3.63, 3.8) is 0 Å². The highest BCUT2D eigenvalue weighted by molar-refractivity contribution is 5.94. The highest BCUT2D eigenvalue weighted by Crippen LogP contribution is 2.26. The van der Waals surface area contributed by atoms with Gasteiger partial charge >= 0.3 is 0 Å². The second-order valence-corrected chi connectivity index (χ2v) is 6.06. The van der Waals surface area contributed by atoms with Crippen molar-refractivity contribution in [3.8, 4) is 5.75 Å². The number of rotatable bonds is 3. The van der Waals surface area contributed by atoms with Crippen LogP contribution in [0.2, 0.25) is 0 Å². The Balaban J connectivity index is 1.56. The normalized spacial score (nSPS) is 23.3. The van der Waals surface area contributed by atoms with Crippen LogP contribution in [0, 0.1) is 5.92 Å². The van der Waals surface area contributed by atoms with Gasteiger partial charge in [-0.1, -0.05) is 0 Å². The van der Waals surface area contributed by atoms with Gasteiger partial charge in [0.15, 0.2) is 0 Å². The van der Waals surface area contributed by atoms with Crippen LogP contribution in [-0.4, -0.2) is 43.6 Å². The van der Waals surface area contributed by atoms with Gasteiger partial charge < -0.3 is 15.0 Å². The van der Waals surface area contributed by atoms with Gasteiger partial charge in [-0.2, -0.15) is 0 Å². The molecule has 0 spiro atoms. The molecular weight excluding hydrogens is 264 g/mol. The van der Waals surface area contributed by atoms with Crippen molar-refractivity contribution in [1.82, 2.24) is 10.2 Å². The minimum atomic E-state index is 0.149. The van der Waals surface area contributed by atoms with Gasteiger partial charge in [0, 0.05) is 24.7 Å². The molecule has 114 valence electrons. The van der Waals surface area contributed by atoms with Crippen molar-refractivity contribution >= 4 is 5.91 Å². The Bertz CT molecular complexity index is 472. The second kappa shape index (κ2) is 6.48. The van der Waals surface area contributed by atoms with Crippen molar-refractivity contribution in [2.75, 3.05) is 26.7 Å². The number of nitrogens with one attached hydrogen (secondary N) is 1. The highest BCUT2D eigenvalue weighted by atomic mass is 16.5. The molecule has 1 amide bonds. The number of carbonyl (C=O) groups excluding carboxylic acids is 1. The summed E-state index contributed by atoms with van der Waals surface area (Å²) in [7, 11) is 1.64. The molecular formula is C17H24N2O2. The molecule has 1 aromatic carbocycles. The topological polar surface area (TPSA) is 41.6 Å². The monoisotopic (exact) mass is 288 g/mol. The zero-order valence-electron chi connectivity index (χ0n) is 12.7. The van der Waals surface area contributed by atoms with Gasteiger partial charge in [-0.15, -0.1) is 0 Å². The molecule has 2 saturated heterocycles. The number of hydrogen-bond donors (Lipinski definition) is 1. The number of likely N-dealkylation sites (tertiary alicyclic amines) is 1. The first-order valence-electron chi connectivity index (χ1n) is 7.94. The lowest BCUT2D eigenvalue weighted by atomic mass is 9.88. The molecule has 0 saturated carbocycles. The summed E-state index contributed by atoms with van der Waals surface area (Å²) >= 11 is 0. The van der Waals surface area contributed by atoms with E-state index in [1.54, 1.807) is 7.11 Å². The number of carbonyl (C=O) groups is 1. The molecule has 1 aromatic rings. The van der Waals surface area contributed by atoms with Crippen LogP contribution < -0.4 is 10.1 Å². The first kappa shape index (κ1) is 14.4. The van der Waals surface area contributed by atoms with Crippen LogP contribution in [0.4, 0.5) is 0 Å². The molecule has 2 aliphatic rings. The standard InChI is InChI=1S/C17H24N2O2/c1-21-15-6-4-14(5-7-15)17(20)19-11-8-13(9-12-19)16-3-2-10-18-16/h4-7,13,16,18H,2-3,8-12H2,1H3. The minimum Gasteiger partial charge on any atom is -0.497 e. The molecule has 1 unspecified atom stereocenters. The van der Waals surface area contributed by atoms with Gasteiger partial charge in [0.1, 0.15) is 5.75 Å². The van der Waals surface area contributed by atoms with Crippen molar-refractivity contribution in [1.29, 1.82) is 0 Å². The predicted octanol–water partition coefficient (Wildman–Crippen LogP) is 2.30. The van der Waals surface area contributed by atoms with Crippen molar-refractivity contribution in [3.05, 3.63) is 29.8 Å². The number of benzene rings is 1. The lowest BCUT2D eigenvalue weighted by molar-refractivity contribution is 0.0674. The van der Waals surface area contributed by atoms with Crippen molar-refractivity contribution < 1.29 is 9.53 Å². The number of amides is 1. The molecule has 21 heavy (non-hydrogen) atoms. The Kier molecular flexibility index (Phi) is 4.44. The Hall–Kier alpha value is -1.55. The maximum absolute atomic E-state index is 12.5. The number of methoxy groups -OCH3 is 1. The summed E-state index contributed by atoms with van der Waals surface area (Å²) in [5.74, 6) is 1.68. The molecule has 2 aliphatic heterocycles. The quantitative estimate of drug-likeness (QED) is 0.928. The summed E-state index contributed by atoms with van der Waals surface area (Å²) in [5.41, 5.74) is 0.758. The first-order chi connectivity index (χ1) is 10.3. The number of piperidine rings is 1. The van der Waals surface area contributed by atoms with E-state index in [0.29, 0.717) is 6.04 Å². The fourth-order valence-electron chi connectivity index (χ4n) is 3.53. The smallest absolute Gasteiger partial charge is 0.253 e. The lowest BCUT2D eigenvalue weighted by Crippen LogP contribution is -2.43. The third kappa shape index (κ3) is 3.21. The van der Waals surface area contributed by atoms with E-state index in [2.05, 4.69) is 5.32 Å². The minimum absolute atomic E-state index is 0.149. The second-order valence-electron chi connectivity index (χ2n) is 6.06. The average molecular weight is 288 g/mol. The molecule has 3 rings (SSSR count). The van der Waals surface area contributed by atoms with E-state index in [1.807, 2.05) is 29.2 Å². The van der Waals surface area contributed by atoms with Crippen molar-refractivity contribution in [2.24, 2.45) is 5.92 Å². The molecule has 1 atom stereocenters. The SMILES string of the molecule is COc1ccc(C(=O)N2CCC(C3CCCN3)CC2)cc1. The van der Waals surface area contributed by atoms with Gasteiger partial charge in [0.2, 0.25) is 0 Å². The summed E-state index contributed by atoms with van der Waals surface area (Å²) in [5, 5.41) is 3.60. The van der Waals surface area contributed by atoms with Crippen LogP contribution in [0.15, 0.2) is 24.3 Å². The van der Waals surface area contributed by atoms with Crippen molar-refractivity contribution in [2.45, 2.75) is 31.7 Å². The summed E-state index contributed by atoms with van der Waals surface area (Å²) in [6, 6.07) is 8.09. The predicted molar refractivity (Wildman–Crippen MR) is 82.6 cm³/mol. The summed E-state index contributed by atoms with van der Waals surface area (Å²) in [6.07, 6.45) is 4.85. The molecule has 1 N–H and O–H groups in total. The first-order valence-corrected chi connectivity index (χ1v) is 7.94. The zero-order chi connectivity index (χ0) is 14.7. The lowest BCUT2D eigenvalue weighted by Gasteiger charge is -2.35. The zero-order valence-corrected chi connectivity index (χ0v) is 12.7. The van der Waals surface area contributed by atoms with Crippen LogP contribution in [0.3, 0.4) is 0 Å². The van der Waals surface area contributed by atoms with Crippen LogP contribution in [0.25, 0.3) is 0 Å². The molecule has 4 nitrogen and oxygen atoms in total. The molecule has 0 bridgehead atoms. The van der Waals surface area contributed by atoms with Crippen LogP contribution >= 0.6 is 0 Å². The maximum Gasteiger partial charge on any atom is 0.253 e. The van der Waals surface area contributed by atoms with Crippen LogP contribution in [-0.2, 0) is 0 Å². The summed E-state index contributed by atoms with van der Waals surface area (Å²) in [6.45, 7) is 2.93. The van der Waals surface area contributed by atoms with Crippen LogP contribution in [0.5, 0.6) is 5.75 Å². The van der Waals surface area contributed by atoms with Gasteiger partial charge in [0.05, 0.1) is 7.11 Å². The third-order valence-electron chi connectivity index (χ3n) is 4.83. The molecule has 0 radical (unpaired) electrons. The number of ether oxygens (including phenoxy) is 1. The fourth-order valence-corrected chi connectivity index (χ4v) is 3.53. The van der Waals surface area contributed by atoms with E-state index in [0.717, 1.165) is 49.7 Å². The van der Waals surface area contributed by atoms with Crippen LogP contribution in [0.1, 0.15) is 36.0 Å². The Morgan fingerprint density at radius 3 is 2.48 bits per heavy atom. The maximum atomic E-state index is 12.5. The average Bonchev–Trinajstić information content (AvgIpc) is 3.09. The largest absolute Gasteiger partial charge is 0.497 e. The van der Waals surface area contributed by atoms with E-state index < -0.39 is 0 Å². The molecule has 2 fully saturated rings. The molecule has 2 heterocycles. The Morgan fingerprint density at radius 1 is 1.19 bits per heavy atom. The Labute approximate surface area is 126 Å². The highest BCUT2D eigenvalue weighted by Gasteiger charge is 2.30.